The van der Waals surface area contributed by atoms with E-state index in [1.165, 1.54) is 6.39 Å². The van der Waals surface area contributed by atoms with Crippen LogP contribution in [0.1, 0.15) is 12.6 Å². The summed E-state index contributed by atoms with van der Waals surface area (Å²) in [5, 5.41) is 3.18. The van der Waals surface area contributed by atoms with Gasteiger partial charge in [-0.2, -0.15) is 0 Å². The van der Waals surface area contributed by atoms with Crippen LogP contribution < -0.4 is 5.32 Å². The number of nitrogens with one attached hydrogen (secondary N) is 1. The van der Waals surface area contributed by atoms with E-state index in [0.717, 1.165) is 18.1 Å². The van der Waals surface area contributed by atoms with Crippen molar-refractivity contribution < 1.29 is 4.42 Å². The quantitative estimate of drug-likeness (QED) is 0.632. The lowest BCUT2D eigenvalue weighted by molar-refractivity contribution is 0.557. The molecule has 1 unspecified atom stereocenters. The van der Waals surface area contributed by atoms with Gasteiger partial charge in [0.25, 0.3) is 0 Å². The maximum absolute atomic E-state index is 4.83. The average molecular weight is 151 g/mol. The fourth-order valence-electron chi connectivity index (χ4n) is 1.04. The van der Waals surface area contributed by atoms with E-state index < -0.39 is 0 Å². The smallest absolute Gasteiger partial charge is 0.181 e. The highest BCUT2D eigenvalue weighted by Gasteiger charge is 2.15. The highest BCUT2D eigenvalue weighted by molar-refractivity contribution is 5.97. The van der Waals surface area contributed by atoms with Crippen LogP contribution in [0.4, 0.5) is 0 Å². The molecule has 58 valence electrons. The molecule has 1 aliphatic rings. The van der Waals surface area contributed by atoms with Crippen LogP contribution in [-0.4, -0.2) is 23.4 Å². The zero-order valence-electron chi connectivity index (χ0n) is 6.24. The summed E-state index contributed by atoms with van der Waals surface area (Å²) in [6.45, 7) is 2.90. The van der Waals surface area contributed by atoms with E-state index >= 15 is 0 Å². The number of aliphatic imine (C=N–C) groups is 1. The van der Waals surface area contributed by atoms with E-state index in [-0.39, 0.29) is 0 Å². The molecule has 1 aromatic rings. The van der Waals surface area contributed by atoms with Gasteiger partial charge in [-0.15, -0.1) is 0 Å². The number of amidine groups is 1. The van der Waals surface area contributed by atoms with Crippen molar-refractivity contribution >= 4 is 5.84 Å². The molecule has 1 atom stereocenters. The molecule has 2 rings (SSSR count). The fraction of sp³-hybridized carbons (Fsp3) is 0.429. The molecular weight excluding hydrogens is 142 g/mol. The summed E-state index contributed by atoms with van der Waals surface area (Å²) in [5.74, 6) is 0.839. The third-order valence-electron chi connectivity index (χ3n) is 1.58. The average Bonchev–Trinajstić information content (AvgIpc) is 2.55. The predicted octanol–water partition coefficient (Wildman–Crippen LogP) is 0.413. The van der Waals surface area contributed by atoms with Gasteiger partial charge in [0.1, 0.15) is 12.0 Å². The molecule has 1 aromatic heterocycles. The Morgan fingerprint density at radius 3 is 3.18 bits per heavy atom. The van der Waals surface area contributed by atoms with Crippen molar-refractivity contribution in [3.63, 3.8) is 0 Å². The second-order valence-electron chi connectivity index (χ2n) is 2.61. The summed E-state index contributed by atoms with van der Waals surface area (Å²) in [4.78, 5) is 8.21. The van der Waals surface area contributed by atoms with Crippen molar-refractivity contribution in [3.8, 4) is 0 Å². The maximum atomic E-state index is 4.83. The van der Waals surface area contributed by atoms with E-state index in [0.29, 0.717) is 6.04 Å². The van der Waals surface area contributed by atoms with Crippen molar-refractivity contribution in [2.75, 3.05) is 6.54 Å². The van der Waals surface area contributed by atoms with Gasteiger partial charge < -0.3 is 9.73 Å². The number of hydrogen-bond donors (Lipinski definition) is 1. The van der Waals surface area contributed by atoms with E-state index in [1.54, 1.807) is 6.26 Å². The minimum atomic E-state index is 0.418. The third kappa shape index (κ3) is 1.11. The van der Waals surface area contributed by atoms with Crippen LogP contribution in [0.25, 0.3) is 0 Å². The number of oxazole rings is 1. The first kappa shape index (κ1) is 6.39. The molecule has 4 heteroatoms. The van der Waals surface area contributed by atoms with Crippen molar-refractivity contribution in [3.05, 3.63) is 18.4 Å². The molecule has 1 aliphatic heterocycles. The van der Waals surface area contributed by atoms with Crippen molar-refractivity contribution in [1.82, 2.24) is 10.3 Å². The normalized spacial score (nSPS) is 23.0. The van der Waals surface area contributed by atoms with Crippen LogP contribution in [0.15, 0.2) is 22.1 Å². The van der Waals surface area contributed by atoms with E-state index in [9.17, 15) is 0 Å². The Balaban J connectivity index is 2.19. The predicted molar refractivity (Wildman–Crippen MR) is 40.5 cm³/mol. The molecule has 0 saturated heterocycles. The molecule has 0 bridgehead atoms. The van der Waals surface area contributed by atoms with Gasteiger partial charge in [-0.1, -0.05) is 0 Å². The largest absolute Gasteiger partial charge is 0.451 e. The first-order chi connectivity index (χ1) is 5.36. The van der Waals surface area contributed by atoms with Crippen LogP contribution >= 0.6 is 0 Å². The van der Waals surface area contributed by atoms with Crippen molar-refractivity contribution in [2.24, 2.45) is 4.99 Å². The van der Waals surface area contributed by atoms with Crippen LogP contribution in [-0.2, 0) is 0 Å². The number of rotatable bonds is 1. The van der Waals surface area contributed by atoms with Crippen molar-refractivity contribution in [2.45, 2.75) is 13.0 Å². The van der Waals surface area contributed by atoms with Gasteiger partial charge in [0.2, 0.25) is 0 Å². The summed E-state index contributed by atoms with van der Waals surface area (Å²) < 4.78 is 4.83. The summed E-state index contributed by atoms with van der Waals surface area (Å²) in [5.41, 5.74) is 0.786. The Labute approximate surface area is 64.3 Å². The summed E-state index contributed by atoms with van der Waals surface area (Å²) in [6.07, 6.45) is 2.99. The monoisotopic (exact) mass is 151 g/mol. The molecule has 11 heavy (non-hydrogen) atoms. The molecule has 0 aliphatic carbocycles. The van der Waals surface area contributed by atoms with Gasteiger partial charge in [-0.3, -0.25) is 4.99 Å². The van der Waals surface area contributed by atoms with Gasteiger partial charge >= 0.3 is 0 Å². The fourth-order valence-corrected chi connectivity index (χ4v) is 1.04. The van der Waals surface area contributed by atoms with Gasteiger partial charge in [0.15, 0.2) is 12.2 Å². The molecular formula is C7H9N3O. The molecule has 0 spiro atoms. The summed E-state index contributed by atoms with van der Waals surface area (Å²) >= 11 is 0. The second kappa shape index (κ2) is 2.38. The third-order valence-corrected chi connectivity index (χ3v) is 1.58. The van der Waals surface area contributed by atoms with Crippen molar-refractivity contribution in [1.29, 1.82) is 0 Å². The molecule has 0 saturated carbocycles. The van der Waals surface area contributed by atoms with E-state index in [1.807, 2.05) is 0 Å². The lowest BCUT2D eigenvalue weighted by atomic mass is 10.3. The van der Waals surface area contributed by atoms with Crippen LogP contribution in [0.3, 0.4) is 0 Å². The summed E-state index contributed by atoms with van der Waals surface area (Å²) in [7, 11) is 0. The highest BCUT2D eigenvalue weighted by Crippen LogP contribution is 2.02. The van der Waals surface area contributed by atoms with Gasteiger partial charge in [0, 0.05) is 6.04 Å². The molecule has 0 amide bonds. The van der Waals surface area contributed by atoms with Gasteiger partial charge in [-0.25, -0.2) is 4.98 Å². The Hall–Kier alpha value is -1.32. The van der Waals surface area contributed by atoms with Crippen LogP contribution in [0, 0.1) is 0 Å². The van der Waals surface area contributed by atoms with E-state index in [4.69, 9.17) is 4.42 Å². The van der Waals surface area contributed by atoms with Gasteiger partial charge in [-0.05, 0) is 6.92 Å². The molecule has 0 aromatic carbocycles. The minimum Gasteiger partial charge on any atom is -0.451 e. The van der Waals surface area contributed by atoms with E-state index in [2.05, 4.69) is 22.2 Å². The Morgan fingerprint density at radius 2 is 2.64 bits per heavy atom. The Kier molecular flexibility index (Phi) is 1.38. The molecule has 2 heterocycles. The Morgan fingerprint density at radius 1 is 1.73 bits per heavy atom. The SMILES string of the molecule is CC1CN=C(c2cocn2)N1. The van der Waals surface area contributed by atoms with Crippen LogP contribution in [0.2, 0.25) is 0 Å². The first-order valence-electron chi connectivity index (χ1n) is 3.56. The van der Waals surface area contributed by atoms with Crippen LogP contribution in [0.5, 0.6) is 0 Å². The number of hydrogen-bond acceptors (Lipinski definition) is 4. The molecule has 4 nitrogen and oxygen atoms in total. The number of aromatic nitrogens is 1. The molecule has 1 N–H and O–H groups in total. The second-order valence-corrected chi connectivity index (χ2v) is 2.61. The number of nitrogens with zero attached hydrogens (tertiary/aromatic N) is 2. The standard InChI is InChI=1S/C7H9N3O/c1-5-2-8-7(10-5)6-3-11-4-9-6/h3-5H,2H2,1H3,(H,8,10). The Bertz CT molecular complexity index is 265. The highest BCUT2D eigenvalue weighted by atomic mass is 16.3. The minimum absolute atomic E-state index is 0.418. The first-order valence-corrected chi connectivity index (χ1v) is 3.56. The molecule has 0 fully saturated rings. The van der Waals surface area contributed by atoms with Gasteiger partial charge in [0.05, 0.1) is 6.54 Å². The lowest BCUT2D eigenvalue weighted by Crippen LogP contribution is -2.27. The zero-order valence-corrected chi connectivity index (χ0v) is 6.24. The topological polar surface area (TPSA) is 50.4 Å². The maximum Gasteiger partial charge on any atom is 0.181 e. The molecule has 0 radical (unpaired) electrons. The lowest BCUT2D eigenvalue weighted by Gasteiger charge is -2.01. The summed E-state index contributed by atoms with van der Waals surface area (Å²) in [6, 6.07) is 0.418. The zero-order chi connectivity index (χ0) is 7.68.